The van der Waals surface area contributed by atoms with Gasteiger partial charge in [-0.25, -0.2) is 9.18 Å². The minimum Gasteiger partial charge on any atom is -0.344 e. The zero-order valence-corrected chi connectivity index (χ0v) is 18.8. The number of carbonyl (C=O) groups excluding carboxylic acids is 1. The molecule has 0 saturated heterocycles. The second kappa shape index (κ2) is 7.90. The first kappa shape index (κ1) is 21.8. The van der Waals surface area contributed by atoms with Crippen LogP contribution in [0.4, 0.5) is 4.39 Å². The van der Waals surface area contributed by atoms with Gasteiger partial charge < -0.3 is 9.13 Å². The number of aromatic nitrogens is 5. The van der Waals surface area contributed by atoms with Crippen molar-refractivity contribution in [1.82, 2.24) is 23.3 Å². The zero-order valence-electron chi connectivity index (χ0n) is 18.0. The molecule has 0 aliphatic heterocycles. The summed E-state index contributed by atoms with van der Waals surface area (Å²) in [7, 11) is 2.85. The van der Waals surface area contributed by atoms with Gasteiger partial charge in [0.05, 0.1) is 6.54 Å². The number of fused-ring (bicyclic) bond motifs is 1. The van der Waals surface area contributed by atoms with Crippen molar-refractivity contribution >= 4 is 28.5 Å². The Kier molecular flexibility index (Phi) is 5.37. The van der Waals surface area contributed by atoms with Gasteiger partial charge in [0.15, 0.2) is 16.9 Å². The van der Waals surface area contributed by atoms with Crippen molar-refractivity contribution in [2.24, 2.45) is 14.1 Å². The third-order valence-electron chi connectivity index (χ3n) is 5.73. The molecule has 0 aliphatic carbocycles. The number of benzene rings is 1. The number of ketones is 1. The summed E-state index contributed by atoms with van der Waals surface area (Å²) in [6.45, 7) is 4.00. The van der Waals surface area contributed by atoms with Gasteiger partial charge in [-0.05, 0) is 49.2 Å². The molecule has 3 aromatic heterocycles. The van der Waals surface area contributed by atoms with Crippen LogP contribution in [-0.4, -0.2) is 29.0 Å². The Morgan fingerprint density at radius 1 is 1.06 bits per heavy atom. The Morgan fingerprint density at radius 3 is 2.38 bits per heavy atom. The molecule has 0 atom stereocenters. The van der Waals surface area contributed by atoms with Gasteiger partial charge in [-0.3, -0.25) is 18.7 Å². The van der Waals surface area contributed by atoms with Gasteiger partial charge in [0.1, 0.15) is 5.82 Å². The number of nitrogens with zero attached hydrogens (tertiary/aromatic N) is 5. The predicted octanol–water partition coefficient (Wildman–Crippen LogP) is 2.58. The van der Waals surface area contributed by atoms with Crippen molar-refractivity contribution in [1.29, 1.82) is 0 Å². The fraction of sp³-hybridized carbons (Fsp3) is 0.273. The molecule has 166 valence electrons. The van der Waals surface area contributed by atoms with Crippen molar-refractivity contribution in [2.45, 2.75) is 26.9 Å². The topological polar surface area (TPSA) is 83.8 Å². The molecule has 8 nitrogen and oxygen atoms in total. The Balaban J connectivity index is 1.72. The largest absolute Gasteiger partial charge is 0.344 e. The van der Waals surface area contributed by atoms with Crippen LogP contribution in [0.15, 0.2) is 39.9 Å². The molecule has 0 saturated carbocycles. The molecule has 0 spiro atoms. The molecule has 10 heteroatoms. The lowest BCUT2D eigenvalue weighted by molar-refractivity contribution is 0.0972. The summed E-state index contributed by atoms with van der Waals surface area (Å²) < 4.78 is 18.7. The van der Waals surface area contributed by atoms with Crippen LogP contribution in [0.25, 0.3) is 11.2 Å². The highest BCUT2D eigenvalue weighted by atomic mass is 35.5. The summed E-state index contributed by atoms with van der Waals surface area (Å²) in [4.78, 5) is 42.2. The molecular formula is C22H21ClFN5O3. The van der Waals surface area contributed by atoms with Gasteiger partial charge in [0.25, 0.3) is 5.56 Å². The molecular weight excluding hydrogens is 437 g/mol. The number of hydrogen-bond acceptors (Lipinski definition) is 4. The molecule has 0 amide bonds. The third-order valence-corrected chi connectivity index (χ3v) is 6.02. The van der Waals surface area contributed by atoms with E-state index in [1.165, 1.54) is 35.4 Å². The molecule has 1 aromatic carbocycles. The maximum atomic E-state index is 13.2. The van der Waals surface area contributed by atoms with E-state index in [0.29, 0.717) is 12.1 Å². The fourth-order valence-corrected chi connectivity index (χ4v) is 4.12. The highest BCUT2D eigenvalue weighted by molar-refractivity contribution is 6.29. The van der Waals surface area contributed by atoms with Crippen LogP contribution in [0, 0.1) is 19.7 Å². The monoisotopic (exact) mass is 457 g/mol. The molecule has 0 radical (unpaired) electrons. The Labute approximate surface area is 187 Å². The molecule has 0 fully saturated rings. The lowest BCUT2D eigenvalue weighted by Gasteiger charge is -2.10. The molecule has 0 unspecified atom stereocenters. The number of aryl methyl sites for hydroxylation is 2. The van der Waals surface area contributed by atoms with E-state index in [4.69, 9.17) is 11.6 Å². The summed E-state index contributed by atoms with van der Waals surface area (Å²) in [5.41, 5.74) is 2.12. The molecule has 4 aromatic rings. The summed E-state index contributed by atoms with van der Waals surface area (Å²) in [6.07, 6.45) is 0. The van der Waals surface area contributed by atoms with Crippen molar-refractivity contribution in [2.75, 3.05) is 0 Å². The number of rotatable bonds is 5. The average molecular weight is 458 g/mol. The molecule has 0 N–H and O–H groups in total. The first-order valence-corrected chi connectivity index (χ1v) is 10.2. The maximum Gasteiger partial charge on any atom is 0.332 e. The van der Waals surface area contributed by atoms with Crippen LogP contribution in [0.3, 0.4) is 0 Å². The molecule has 3 heterocycles. The number of Topliss-reactive ketones (excluding diaryl/α,β-unsaturated/α-hetero) is 1. The van der Waals surface area contributed by atoms with Crippen molar-refractivity contribution in [3.05, 3.63) is 84.8 Å². The van der Waals surface area contributed by atoms with Crippen LogP contribution in [0.1, 0.15) is 27.3 Å². The first-order valence-electron chi connectivity index (χ1n) is 9.86. The van der Waals surface area contributed by atoms with Crippen molar-refractivity contribution in [3.8, 4) is 0 Å². The average Bonchev–Trinajstić information content (AvgIpc) is 3.23. The van der Waals surface area contributed by atoms with E-state index in [9.17, 15) is 18.8 Å². The minimum absolute atomic E-state index is 0.0493. The third kappa shape index (κ3) is 3.48. The molecule has 0 aliphatic rings. The van der Waals surface area contributed by atoms with Gasteiger partial charge in [-0.1, -0.05) is 12.1 Å². The normalized spacial score (nSPS) is 11.4. The molecule has 4 rings (SSSR count). The predicted molar refractivity (Wildman–Crippen MR) is 119 cm³/mol. The fourth-order valence-electron chi connectivity index (χ4n) is 3.89. The van der Waals surface area contributed by atoms with Crippen LogP contribution in [0.5, 0.6) is 0 Å². The summed E-state index contributed by atoms with van der Waals surface area (Å²) in [6, 6.07) is 7.98. The van der Waals surface area contributed by atoms with Gasteiger partial charge in [-0.15, -0.1) is 0 Å². The van der Waals surface area contributed by atoms with E-state index in [-0.39, 0.29) is 34.6 Å². The number of carbonyl (C=O) groups is 1. The lowest BCUT2D eigenvalue weighted by atomic mass is 10.1. The van der Waals surface area contributed by atoms with E-state index in [1.807, 2.05) is 18.4 Å². The standard InChI is InChI=1S/C22H21ClFN5O3/c1-12-9-16(13(2)28(12)10-14-5-7-15(24)8-6-14)17(30)11-29-18-19(25-21(29)23)26(3)22(32)27(4)20(18)31/h5-9H,10-11H2,1-4H3. The van der Waals surface area contributed by atoms with E-state index >= 15 is 0 Å². The van der Waals surface area contributed by atoms with E-state index in [2.05, 4.69) is 4.98 Å². The van der Waals surface area contributed by atoms with Crippen LogP contribution in [-0.2, 0) is 27.2 Å². The summed E-state index contributed by atoms with van der Waals surface area (Å²) in [5, 5.41) is -0.0493. The van der Waals surface area contributed by atoms with Gasteiger partial charge >= 0.3 is 5.69 Å². The maximum absolute atomic E-state index is 13.2. The smallest absolute Gasteiger partial charge is 0.332 e. The Bertz CT molecular complexity index is 1490. The second-order valence-electron chi connectivity index (χ2n) is 7.77. The summed E-state index contributed by atoms with van der Waals surface area (Å²) >= 11 is 6.24. The Hall–Kier alpha value is -3.46. The number of halogens is 2. The van der Waals surface area contributed by atoms with Crippen molar-refractivity contribution < 1.29 is 9.18 Å². The van der Waals surface area contributed by atoms with Crippen LogP contribution in [0.2, 0.25) is 5.28 Å². The van der Waals surface area contributed by atoms with E-state index in [1.54, 1.807) is 18.2 Å². The van der Waals surface area contributed by atoms with E-state index in [0.717, 1.165) is 21.5 Å². The second-order valence-corrected chi connectivity index (χ2v) is 8.10. The van der Waals surface area contributed by atoms with Crippen LogP contribution < -0.4 is 11.2 Å². The number of imidazole rings is 1. The van der Waals surface area contributed by atoms with Gasteiger partial charge in [0.2, 0.25) is 5.28 Å². The van der Waals surface area contributed by atoms with Crippen molar-refractivity contribution in [3.63, 3.8) is 0 Å². The number of hydrogen-bond donors (Lipinski definition) is 0. The minimum atomic E-state index is -0.572. The van der Waals surface area contributed by atoms with E-state index < -0.39 is 11.2 Å². The van der Waals surface area contributed by atoms with Crippen LogP contribution >= 0.6 is 11.6 Å². The zero-order chi connectivity index (χ0) is 23.3. The Morgan fingerprint density at radius 2 is 1.72 bits per heavy atom. The highest BCUT2D eigenvalue weighted by Crippen LogP contribution is 2.21. The lowest BCUT2D eigenvalue weighted by Crippen LogP contribution is -2.37. The quantitative estimate of drug-likeness (QED) is 0.340. The summed E-state index contributed by atoms with van der Waals surface area (Å²) in [5.74, 6) is -0.556. The van der Waals surface area contributed by atoms with Gasteiger partial charge in [0, 0.05) is 37.6 Å². The SMILES string of the molecule is Cc1cc(C(=O)Cn2c(Cl)nc3c2c(=O)n(C)c(=O)n3C)c(C)n1Cc1ccc(F)cc1. The first-order chi connectivity index (χ1) is 15.1. The highest BCUT2D eigenvalue weighted by Gasteiger charge is 2.22. The molecule has 32 heavy (non-hydrogen) atoms. The molecule has 0 bridgehead atoms. The van der Waals surface area contributed by atoms with Gasteiger partial charge in [-0.2, -0.15) is 4.98 Å².